The van der Waals surface area contributed by atoms with Gasteiger partial charge in [-0.3, -0.25) is 4.79 Å². The standard InChI is InChI=1S/C13H12ClF2N3O/c1-5-9(4-17-5)19-13(20)8-3-6-2-7(14)10(15)11(16)12(6)18-8/h2-3,5,9,17-18H,4H2,1H3,(H,19,20)/t5-,9-/m0/s1. The van der Waals surface area contributed by atoms with Crippen molar-refractivity contribution < 1.29 is 13.6 Å². The van der Waals surface area contributed by atoms with Crippen LogP contribution < -0.4 is 10.6 Å². The maximum atomic E-state index is 13.7. The van der Waals surface area contributed by atoms with Gasteiger partial charge in [0, 0.05) is 18.0 Å². The number of carbonyl (C=O) groups excluding carboxylic acids is 1. The van der Waals surface area contributed by atoms with Crippen molar-refractivity contribution in [2.45, 2.75) is 19.0 Å². The number of H-pyrrole nitrogens is 1. The Bertz CT molecular complexity index is 700. The molecule has 0 bridgehead atoms. The minimum absolute atomic E-state index is 0.0408. The summed E-state index contributed by atoms with van der Waals surface area (Å²) in [6, 6.07) is 2.98. The lowest BCUT2D eigenvalue weighted by atomic mass is 10.0. The van der Waals surface area contributed by atoms with Crippen molar-refractivity contribution in [2.24, 2.45) is 0 Å². The number of hydrogen-bond acceptors (Lipinski definition) is 2. The highest BCUT2D eigenvalue weighted by molar-refractivity contribution is 6.31. The molecule has 1 fully saturated rings. The summed E-state index contributed by atoms with van der Waals surface area (Å²) in [5.74, 6) is -2.55. The molecule has 2 aromatic rings. The Balaban J connectivity index is 1.92. The minimum Gasteiger partial charge on any atom is -0.348 e. The zero-order valence-corrected chi connectivity index (χ0v) is 11.3. The molecule has 0 spiro atoms. The molecule has 0 radical (unpaired) electrons. The van der Waals surface area contributed by atoms with Gasteiger partial charge >= 0.3 is 0 Å². The Morgan fingerprint density at radius 3 is 2.75 bits per heavy atom. The van der Waals surface area contributed by atoms with Crippen LogP contribution >= 0.6 is 11.6 Å². The zero-order valence-electron chi connectivity index (χ0n) is 10.6. The van der Waals surface area contributed by atoms with E-state index in [4.69, 9.17) is 11.6 Å². The highest BCUT2D eigenvalue weighted by atomic mass is 35.5. The van der Waals surface area contributed by atoms with Gasteiger partial charge < -0.3 is 15.6 Å². The molecule has 2 atom stereocenters. The van der Waals surface area contributed by atoms with Crippen LogP contribution in [-0.4, -0.2) is 29.5 Å². The maximum absolute atomic E-state index is 13.7. The number of amides is 1. The third-order valence-corrected chi connectivity index (χ3v) is 3.85. The molecule has 3 N–H and O–H groups in total. The summed E-state index contributed by atoms with van der Waals surface area (Å²) in [5, 5.41) is 5.98. The van der Waals surface area contributed by atoms with Crippen LogP contribution in [0.2, 0.25) is 5.02 Å². The first-order valence-corrected chi connectivity index (χ1v) is 6.55. The Labute approximate surface area is 118 Å². The molecule has 0 aliphatic carbocycles. The van der Waals surface area contributed by atoms with Gasteiger partial charge in [-0.15, -0.1) is 0 Å². The summed E-state index contributed by atoms with van der Waals surface area (Å²) in [4.78, 5) is 14.6. The van der Waals surface area contributed by atoms with Gasteiger partial charge in [0.1, 0.15) is 5.69 Å². The number of aromatic amines is 1. The van der Waals surface area contributed by atoms with Crippen LogP contribution in [0.4, 0.5) is 8.78 Å². The van der Waals surface area contributed by atoms with Crippen molar-refractivity contribution in [1.82, 2.24) is 15.6 Å². The van der Waals surface area contributed by atoms with Gasteiger partial charge in [-0.1, -0.05) is 11.6 Å². The topological polar surface area (TPSA) is 56.9 Å². The Morgan fingerprint density at radius 1 is 1.40 bits per heavy atom. The van der Waals surface area contributed by atoms with Crippen molar-refractivity contribution in [3.63, 3.8) is 0 Å². The lowest BCUT2D eigenvalue weighted by molar-refractivity contribution is 0.0902. The Morgan fingerprint density at radius 2 is 2.15 bits per heavy atom. The SMILES string of the molecule is C[C@@H]1NC[C@@H]1NC(=O)c1cc2cc(Cl)c(F)c(F)c2[nH]1. The molecular weight excluding hydrogens is 288 g/mol. The second kappa shape index (κ2) is 4.71. The fourth-order valence-corrected chi connectivity index (χ4v) is 2.40. The predicted octanol–water partition coefficient (Wildman–Crippen LogP) is 2.19. The van der Waals surface area contributed by atoms with Crippen LogP contribution in [0.15, 0.2) is 12.1 Å². The summed E-state index contributed by atoms with van der Waals surface area (Å²) >= 11 is 5.58. The second-order valence-electron chi connectivity index (χ2n) is 4.91. The van der Waals surface area contributed by atoms with Gasteiger partial charge in [-0.25, -0.2) is 8.78 Å². The van der Waals surface area contributed by atoms with E-state index in [-0.39, 0.29) is 34.2 Å². The lowest BCUT2D eigenvalue weighted by Gasteiger charge is -2.35. The molecule has 1 aromatic heterocycles. The lowest BCUT2D eigenvalue weighted by Crippen LogP contribution is -2.63. The van der Waals surface area contributed by atoms with Gasteiger partial charge in [0.05, 0.1) is 16.6 Å². The summed E-state index contributed by atoms with van der Waals surface area (Å²) < 4.78 is 27.1. The fraction of sp³-hybridized carbons (Fsp3) is 0.308. The van der Waals surface area contributed by atoms with Gasteiger partial charge in [0.15, 0.2) is 11.6 Å². The largest absolute Gasteiger partial charge is 0.348 e. The molecule has 2 heterocycles. The third kappa shape index (κ3) is 2.05. The van der Waals surface area contributed by atoms with E-state index < -0.39 is 11.6 Å². The first kappa shape index (κ1) is 13.3. The van der Waals surface area contributed by atoms with E-state index in [1.54, 1.807) is 0 Å². The van der Waals surface area contributed by atoms with Crippen LogP contribution in [0, 0.1) is 11.6 Å². The highest BCUT2D eigenvalue weighted by Crippen LogP contribution is 2.27. The van der Waals surface area contributed by atoms with E-state index in [1.807, 2.05) is 6.92 Å². The van der Waals surface area contributed by atoms with Crippen molar-refractivity contribution in [2.75, 3.05) is 6.54 Å². The van der Waals surface area contributed by atoms with E-state index in [0.717, 1.165) is 0 Å². The van der Waals surface area contributed by atoms with Gasteiger partial charge in [-0.2, -0.15) is 0 Å². The number of benzene rings is 1. The second-order valence-corrected chi connectivity index (χ2v) is 5.32. The van der Waals surface area contributed by atoms with Crippen LogP contribution in [0.3, 0.4) is 0 Å². The van der Waals surface area contributed by atoms with E-state index in [0.29, 0.717) is 11.9 Å². The Kier molecular flexibility index (Phi) is 3.14. The first-order chi connectivity index (χ1) is 9.47. The molecule has 3 rings (SSSR count). The number of hydrogen-bond donors (Lipinski definition) is 3. The molecule has 106 valence electrons. The molecule has 4 nitrogen and oxygen atoms in total. The average molecular weight is 300 g/mol. The van der Waals surface area contributed by atoms with E-state index in [9.17, 15) is 13.6 Å². The van der Waals surface area contributed by atoms with E-state index >= 15 is 0 Å². The molecule has 1 aliphatic heterocycles. The summed E-state index contributed by atoms with van der Waals surface area (Å²) in [5.41, 5.74) is 0.122. The van der Waals surface area contributed by atoms with E-state index in [2.05, 4.69) is 15.6 Å². The first-order valence-electron chi connectivity index (χ1n) is 6.18. The number of rotatable bonds is 2. The summed E-state index contributed by atoms with van der Waals surface area (Å²) in [7, 11) is 0. The zero-order chi connectivity index (χ0) is 14.4. The Hall–Kier alpha value is -1.66. The minimum atomic E-state index is -1.12. The molecule has 0 unspecified atom stereocenters. The number of aromatic nitrogens is 1. The monoisotopic (exact) mass is 299 g/mol. The van der Waals surface area contributed by atoms with Crippen LogP contribution in [0.1, 0.15) is 17.4 Å². The number of fused-ring (bicyclic) bond motifs is 1. The fourth-order valence-electron chi connectivity index (χ4n) is 2.20. The van der Waals surface area contributed by atoms with Crippen LogP contribution in [-0.2, 0) is 0 Å². The molecular formula is C13H12ClF2N3O. The normalized spacial score (nSPS) is 21.8. The molecule has 1 saturated heterocycles. The molecule has 20 heavy (non-hydrogen) atoms. The van der Waals surface area contributed by atoms with Crippen LogP contribution in [0.5, 0.6) is 0 Å². The summed E-state index contributed by atoms with van der Waals surface area (Å²) in [6.45, 7) is 2.65. The number of halogens is 3. The summed E-state index contributed by atoms with van der Waals surface area (Å²) in [6.07, 6.45) is 0. The van der Waals surface area contributed by atoms with Crippen molar-refractivity contribution in [1.29, 1.82) is 0 Å². The molecule has 1 aliphatic rings. The van der Waals surface area contributed by atoms with Gasteiger partial charge in [-0.05, 0) is 19.1 Å². The van der Waals surface area contributed by atoms with Crippen LogP contribution in [0.25, 0.3) is 10.9 Å². The van der Waals surface area contributed by atoms with Gasteiger partial charge in [0.25, 0.3) is 5.91 Å². The highest BCUT2D eigenvalue weighted by Gasteiger charge is 2.28. The van der Waals surface area contributed by atoms with Gasteiger partial charge in [0.2, 0.25) is 0 Å². The maximum Gasteiger partial charge on any atom is 0.268 e. The average Bonchev–Trinajstić information content (AvgIpc) is 2.84. The third-order valence-electron chi connectivity index (χ3n) is 3.58. The molecule has 1 aromatic carbocycles. The predicted molar refractivity (Wildman–Crippen MR) is 71.9 cm³/mol. The molecule has 7 heteroatoms. The quantitative estimate of drug-likeness (QED) is 0.745. The molecule has 0 saturated carbocycles. The smallest absolute Gasteiger partial charge is 0.268 e. The number of nitrogens with one attached hydrogen (secondary N) is 3. The van der Waals surface area contributed by atoms with E-state index in [1.165, 1.54) is 12.1 Å². The molecule has 1 amide bonds. The van der Waals surface area contributed by atoms with Crippen molar-refractivity contribution in [3.8, 4) is 0 Å². The van der Waals surface area contributed by atoms with Crippen molar-refractivity contribution in [3.05, 3.63) is 34.5 Å². The number of carbonyl (C=O) groups is 1. The van der Waals surface area contributed by atoms with Crippen molar-refractivity contribution >= 4 is 28.4 Å².